The largest absolute Gasteiger partial charge is 0.497 e. The highest BCUT2D eigenvalue weighted by atomic mass is 16.5. The standard InChI is InChI=1S/C16H25NO2/c1-4-11-5-6-12(9-11)16(17)14-8-7-13(18-2)10-15(14)19-3/h7-8,10-12,16H,4-6,9,17H2,1-3H3. The minimum atomic E-state index is 0.0670. The van der Waals surface area contributed by atoms with Crippen LogP contribution in [0.25, 0.3) is 0 Å². The Morgan fingerprint density at radius 2 is 2.05 bits per heavy atom. The maximum absolute atomic E-state index is 6.46. The van der Waals surface area contributed by atoms with Gasteiger partial charge in [0.1, 0.15) is 11.5 Å². The summed E-state index contributed by atoms with van der Waals surface area (Å²) in [6.07, 6.45) is 5.05. The summed E-state index contributed by atoms with van der Waals surface area (Å²) in [6.45, 7) is 2.27. The highest BCUT2D eigenvalue weighted by molar-refractivity contribution is 5.42. The van der Waals surface area contributed by atoms with E-state index in [1.165, 1.54) is 25.7 Å². The molecule has 0 heterocycles. The van der Waals surface area contributed by atoms with Gasteiger partial charge in [0.15, 0.2) is 0 Å². The Balaban J connectivity index is 2.16. The highest BCUT2D eigenvalue weighted by Crippen LogP contribution is 2.41. The number of ether oxygens (including phenoxy) is 2. The van der Waals surface area contributed by atoms with E-state index in [0.717, 1.165) is 23.0 Å². The van der Waals surface area contributed by atoms with Gasteiger partial charge in [-0.2, -0.15) is 0 Å². The summed E-state index contributed by atoms with van der Waals surface area (Å²) in [5.41, 5.74) is 7.57. The molecule has 1 saturated carbocycles. The van der Waals surface area contributed by atoms with Gasteiger partial charge in [-0.1, -0.05) is 25.8 Å². The molecule has 0 radical (unpaired) electrons. The van der Waals surface area contributed by atoms with Crippen molar-refractivity contribution in [1.82, 2.24) is 0 Å². The summed E-state index contributed by atoms with van der Waals surface area (Å²) in [6, 6.07) is 5.99. The summed E-state index contributed by atoms with van der Waals surface area (Å²) in [5.74, 6) is 3.07. The highest BCUT2D eigenvalue weighted by Gasteiger charge is 2.30. The fourth-order valence-electron chi connectivity index (χ4n) is 3.16. The summed E-state index contributed by atoms with van der Waals surface area (Å²) >= 11 is 0. The second kappa shape index (κ2) is 6.29. The molecule has 0 aromatic heterocycles. The van der Waals surface area contributed by atoms with Gasteiger partial charge < -0.3 is 15.2 Å². The second-order valence-corrected chi connectivity index (χ2v) is 5.48. The molecule has 0 amide bonds. The van der Waals surface area contributed by atoms with Crippen LogP contribution in [0.1, 0.15) is 44.2 Å². The Morgan fingerprint density at radius 3 is 2.63 bits per heavy atom. The first-order chi connectivity index (χ1) is 9.19. The van der Waals surface area contributed by atoms with Crippen LogP contribution >= 0.6 is 0 Å². The van der Waals surface area contributed by atoms with Crippen molar-refractivity contribution in [1.29, 1.82) is 0 Å². The molecule has 3 heteroatoms. The molecule has 1 aliphatic carbocycles. The van der Waals surface area contributed by atoms with Crippen LogP contribution in [0.15, 0.2) is 18.2 Å². The first-order valence-corrected chi connectivity index (χ1v) is 7.17. The van der Waals surface area contributed by atoms with E-state index in [1.807, 2.05) is 18.2 Å². The van der Waals surface area contributed by atoms with Gasteiger partial charge in [-0.15, -0.1) is 0 Å². The zero-order valence-electron chi connectivity index (χ0n) is 12.2. The lowest BCUT2D eigenvalue weighted by Gasteiger charge is -2.22. The van der Waals surface area contributed by atoms with Crippen molar-refractivity contribution in [3.8, 4) is 11.5 Å². The van der Waals surface area contributed by atoms with Crippen LogP contribution in [0, 0.1) is 11.8 Å². The monoisotopic (exact) mass is 263 g/mol. The van der Waals surface area contributed by atoms with Crippen molar-refractivity contribution in [2.75, 3.05) is 14.2 Å². The van der Waals surface area contributed by atoms with Crippen LogP contribution in [-0.2, 0) is 0 Å². The molecular weight excluding hydrogens is 238 g/mol. The summed E-state index contributed by atoms with van der Waals surface area (Å²) in [7, 11) is 3.35. The lowest BCUT2D eigenvalue weighted by atomic mass is 9.90. The van der Waals surface area contributed by atoms with E-state index in [1.54, 1.807) is 14.2 Å². The average molecular weight is 263 g/mol. The van der Waals surface area contributed by atoms with Crippen molar-refractivity contribution >= 4 is 0 Å². The van der Waals surface area contributed by atoms with E-state index < -0.39 is 0 Å². The van der Waals surface area contributed by atoms with Gasteiger partial charge in [0.25, 0.3) is 0 Å². The van der Waals surface area contributed by atoms with Gasteiger partial charge in [0, 0.05) is 17.7 Å². The number of methoxy groups -OCH3 is 2. The molecule has 2 N–H and O–H groups in total. The summed E-state index contributed by atoms with van der Waals surface area (Å²) < 4.78 is 10.7. The fraction of sp³-hybridized carbons (Fsp3) is 0.625. The normalized spacial score (nSPS) is 24.2. The maximum atomic E-state index is 6.46. The fourth-order valence-corrected chi connectivity index (χ4v) is 3.16. The smallest absolute Gasteiger partial charge is 0.127 e. The Hall–Kier alpha value is -1.22. The Kier molecular flexibility index (Phi) is 4.70. The van der Waals surface area contributed by atoms with Crippen LogP contribution in [0.2, 0.25) is 0 Å². The number of rotatable bonds is 5. The maximum Gasteiger partial charge on any atom is 0.127 e. The van der Waals surface area contributed by atoms with Crippen molar-refractivity contribution in [3.63, 3.8) is 0 Å². The quantitative estimate of drug-likeness (QED) is 0.884. The van der Waals surface area contributed by atoms with Crippen LogP contribution < -0.4 is 15.2 Å². The molecule has 0 saturated heterocycles. The molecule has 1 aliphatic rings. The van der Waals surface area contributed by atoms with Crippen LogP contribution in [0.4, 0.5) is 0 Å². The molecule has 1 fully saturated rings. The van der Waals surface area contributed by atoms with Crippen LogP contribution in [0.5, 0.6) is 11.5 Å². The minimum absolute atomic E-state index is 0.0670. The molecule has 1 aromatic carbocycles. The molecule has 0 bridgehead atoms. The van der Waals surface area contributed by atoms with Crippen molar-refractivity contribution < 1.29 is 9.47 Å². The third-order valence-electron chi connectivity index (χ3n) is 4.47. The molecule has 2 rings (SSSR count). The van der Waals surface area contributed by atoms with E-state index in [0.29, 0.717) is 5.92 Å². The van der Waals surface area contributed by atoms with Gasteiger partial charge in [-0.05, 0) is 30.7 Å². The van der Waals surface area contributed by atoms with Crippen molar-refractivity contribution in [3.05, 3.63) is 23.8 Å². The molecule has 0 spiro atoms. The number of hydrogen-bond donors (Lipinski definition) is 1. The van der Waals surface area contributed by atoms with Crippen LogP contribution in [0.3, 0.4) is 0 Å². The summed E-state index contributed by atoms with van der Waals surface area (Å²) in [5, 5.41) is 0. The van der Waals surface area contributed by atoms with E-state index >= 15 is 0 Å². The third kappa shape index (κ3) is 3.03. The lowest BCUT2D eigenvalue weighted by molar-refractivity contribution is 0.370. The first kappa shape index (κ1) is 14.2. The van der Waals surface area contributed by atoms with Crippen LogP contribution in [-0.4, -0.2) is 14.2 Å². The summed E-state index contributed by atoms with van der Waals surface area (Å²) in [4.78, 5) is 0. The Morgan fingerprint density at radius 1 is 1.26 bits per heavy atom. The average Bonchev–Trinajstić information content (AvgIpc) is 2.94. The molecule has 3 unspecified atom stereocenters. The SMILES string of the molecule is CCC1CCC(C(N)c2ccc(OC)cc2OC)C1. The molecular formula is C16H25NO2. The van der Waals surface area contributed by atoms with Gasteiger partial charge in [0.05, 0.1) is 14.2 Å². The van der Waals surface area contributed by atoms with E-state index in [-0.39, 0.29) is 6.04 Å². The number of nitrogens with two attached hydrogens (primary N) is 1. The third-order valence-corrected chi connectivity index (χ3v) is 4.47. The predicted octanol–water partition coefficient (Wildman–Crippen LogP) is 3.53. The van der Waals surface area contributed by atoms with Crippen molar-refractivity contribution in [2.45, 2.75) is 38.6 Å². The zero-order valence-corrected chi connectivity index (χ0v) is 12.2. The van der Waals surface area contributed by atoms with E-state index in [2.05, 4.69) is 6.92 Å². The van der Waals surface area contributed by atoms with E-state index in [9.17, 15) is 0 Å². The molecule has 19 heavy (non-hydrogen) atoms. The van der Waals surface area contributed by atoms with Gasteiger partial charge in [-0.25, -0.2) is 0 Å². The first-order valence-electron chi connectivity index (χ1n) is 7.17. The molecule has 0 aliphatic heterocycles. The topological polar surface area (TPSA) is 44.5 Å². The van der Waals surface area contributed by atoms with Crippen molar-refractivity contribution in [2.24, 2.45) is 17.6 Å². The minimum Gasteiger partial charge on any atom is -0.497 e. The van der Waals surface area contributed by atoms with Gasteiger partial charge in [-0.3, -0.25) is 0 Å². The lowest BCUT2D eigenvalue weighted by Crippen LogP contribution is -2.20. The van der Waals surface area contributed by atoms with E-state index in [4.69, 9.17) is 15.2 Å². The second-order valence-electron chi connectivity index (χ2n) is 5.48. The van der Waals surface area contributed by atoms with Gasteiger partial charge in [0.2, 0.25) is 0 Å². The molecule has 3 nitrogen and oxygen atoms in total. The molecule has 1 aromatic rings. The Labute approximate surface area is 116 Å². The number of hydrogen-bond acceptors (Lipinski definition) is 3. The number of benzene rings is 1. The van der Waals surface area contributed by atoms with Gasteiger partial charge >= 0.3 is 0 Å². The zero-order chi connectivity index (χ0) is 13.8. The predicted molar refractivity (Wildman–Crippen MR) is 77.6 cm³/mol. The molecule has 106 valence electrons. The Bertz CT molecular complexity index is 419. The molecule has 3 atom stereocenters.